The van der Waals surface area contributed by atoms with Gasteiger partial charge in [0.1, 0.15) is 5.75 Å². The van der Waals surface area contributed by atoms with Crippen LogP contribution in [0.25, 0.3) is 0 Å². The van der Waals surface area contributed by atoms with Crippen LogP contribution in [-0.4, -0.2) is 22.1 Å². The first-order valence-corrected chi connectivity index (χ1v) is 7.98. The van der Waals surface area contributed by atoms with Gasteiger partial charge in [-0.15, -0.1) is 0 Å². The van der Waals surface area contributed by atoms with Crippen LogP contribution in [0.4, 0.5) is 36.4 Å². The van der Waals surface area contributed by atoms with Gasteiger partial charge in [-0.3, -0.25) is 0 Å². The van der Waals surface area contributed by atoms with Gasteiger partial charge in [0.25, 0.3) is 0 Å². The van der Waals surface area contributed by atoms with E-state index in [0.717, 1.165) is 12.1 Å². The molecule has 0 spiro atoms. The first-order chi connectivity index (χ1) is 12.8. The smallest absolute Gasteiger partial charge is 0.416 e. The summed E-state index contributed by atoms with van der Waals surface area (Å²) in [5.41, 5.74) is 0.0507. The van der Waals surface area contributed by atoms with Crippen molar-refractivity contribution in [2.75, 3.05) is 17.7 Å². The molecule has 0 saturated carbocycles. The van der Waals surface area contributed by atoms with Gasteiger partial charge < -0.3 is 15.4 Å². The number of hydrogen-bond donors (Lipinski definition) is 2. The maximum absolute atomic E-state index is 12.8. The molecule has 6 nitrogen and oxygen atoms in total. The third-order valence-corrected chi connectivity index (χ3v) is 3.57. The number of aromatic nitrogens is 3. The Hall–Kier alpha value is -3.07. The van der Waals surface area contributed by atoms with Crippen molar-refractivity contribution >= 4 is 34.9 Å². The lowest BCUT2D eigenvalue weighted by atomic mass is 10.2. The summed E-state index contributed by atoms with van der Waals surface area (Å²) in [4.78, 5) is 11.9. The largest absolute Gasteiger partial charge is 0.497 e. The van der Waals surface area contributed by atoms with Crippen LogP contribution in [0.2, 0.25) is 5.28 Å². The minimum atomic E-state index is -4.45. The van der Waals surface area contributed by atoms with Crippen LogP contribution in [0.15, 0.2) is 48.5 Å². The van der Waals surface area contributed by atoms with Crippen molar-refractivity contribution in [3.63, 3.8) is 0 Å². The van der Waals surface area contributed by atoms with Gasteiger partial charge in [0.2, 0.25) is 17.2 Å². The summed E-state index contributed by atoms with van der Waals surface area (Å²) in [5.74, 6) is 0.820. The van der Waals surface area contributed by atoms with Gasteiger partial charge in [0.15, 0.2) is 0 Å². The predicted octanol–water partition coefficient (Wildman–Crippen LogP) is 5.04. The average Bonchev–Trinajstić information content (AvgIpc) is 2.61. The fraction of sp³-hybridized carbons (Fsp3) is 0.118. The van der Waals surface area contributed by atoms with Crippen molar-refractivity contribution in [1.29, 1.82) is 0 Å². The van der Waals surface area contributed by atoms with Crippen LogP contribution in [0.5, 0.6) is 5.75 Å². The van der Waals surface area contributed by atoms with E-state index in [4.69, 9.17) is 16.3 Å². The average molecular weight is 396 g/mol. The van der Waals surface area contributed by atoms with Gasteiger partial charge in [0.05, 0.1) is 12.7 Å². The molecule has 0 bridgehead atoms. The Kier molecular flexibility index (Phi) is 5.31. The molecule has 3 aromatic rings. The number of anilines is 4. The fourth-order valence-corrected chi connectivity index (χ4v) is 2.33. The molecule has 2 N–H and O–H groups in total. The van der Waals surface area contributed by atoms with Crippen molar-refractivity contribution in [2.24, 2.45) is 0 Å². The molecule has 0 unspecified atom stereocenters. The highest BCUT2D eigenvalue weighted by atomic mass is 35.5. The van der Waals surface area contributed by atoms with E-state index in [0.29, 0.717) is 11.4 Å². The second kappa shape index (κ2) is 7.67. The molecular weight excluding hydrogens is 383 g/mol. The van der Waals surface area contributed by atoms with E-state index in [9.17, 15) is 13.2 Å². The minimum absolute atomic E-state index is 0.00494. The summed E-state index contributed by atoms with van der Waals surface area (Å²) >= 11 is 5.89. The van der Waals surface area contributed by atoms with Gasteiger partial charge in [-0.2, -0.15) is 28.1 Å². The van der Waals surface area contributed by atoms with E-state index in [1.807, 2.05) is 0 Å². The summed E-state index contributed by atoms with van der Waals surface area (Å²) < 4.78 is 43.5. The molecule has 2 aromatic carbocycles. The number of nitrogens with one attached hydrogen (secondary N) is 2. The summed E-state index contributed by atoms with van der Waals surface area (Å²) in [6.45, 7) is 0. The number of hydrogen-bond acceptors (Lipinski definition) is 6. The van der Waals surface area contributed by atoms with E-state index in [1.54, 1.807) is 31.4 Å². The molecule has 140 valence electrons. The molecule has 0 amide bonds. The lowest BCUT2D eigenvalue weighted by Crippen LogP contribution is -2.07. The number of nitrogens with zero attached hydrogens (tertiary/aromatic N) is 3. The van der Waals surface area contributed by atoms with Crippen LogP contribution in [0.1, 0.15) is 5.56 Å². The fourth-order valence-electron chi connectivity index (χ4n) is 2.17. The van der Waals surface area contributed by atoms with Gasteiger partial charge in [-0.1, -0.05) is 6.07 Å². The zero-order valence-electron chi connectivity index (χ0n) is 13.9. The topological polar surface area (TPSA) is 72.0 Å². The molecular formula is C17H13ClF3N5O. The maximum Gasteiger partial charge on any atom is 0.416 e. The lowest BCUT2D eigenvalue weighted by Gasteiger charge is -2.11. The number of rotatable bonds is 5. The molecule has 3 rings (SSSR count). The van der Waals surface area contributed by atoms with E-state index < -0.39 is 11.7 Å². The molecule has 0 aliphatic carbocycles. The quantitative estimate of drug-likeness (QED) is 0.630. The Labute approximate surface area is 157 Å². The molecule has 1 aromatic heterocycles. The van der Waals surface area contributed by atoms with E-state index in [2.05, 4.69) is 25.6 Å². The van der Waals surface area contributed by atoms with Crippen LogP contribution >= 0.6 is 11.6 Å². The van der Waals surface area contributed by atoms with Crippen LogP contribution in [-0.2, 0) is 6.18 Å². The molecule has 0 aliphatic heterocycles. The maximum atomic E-state index is 12.8. The number of benzene rings is 2. The predicted molar refractivity (Wildman–Crippen MR) is 95.8 cm³/mol. The Balaban J connectivity index is 1.81. The highest BCUT2D eigenvalue weighted by Gasteiger charge is 2.30. The highest BCUT2D eigenvalue weighted by molar-refractivity contribution is 6.28. The van der Waals surface area contributed by atoms with E-state index in [1.165, 1.54) is 12.1 Å². The van der Waals surface area contributed by atoms with Crippen molar-refractivity contribution in [1.82, 2.24) is 15.0 Å². The lowest BCUT2D eigenvalue weighted by molar-refractivity contribution is -0.137. The third kappa shape index (κ3) is 4.98. The summed E-state index contributed by atoms with van der Waals surface area (Å²) in [5, 5.41) is 5.52. The van der Waals surface area contributed by atoms with Crippen LogP contribution in [0.3, 0.4) is 0 Å². The molecule has 0 saturated heterocycles. The Morgan fingerprint density at radius 3 is 2.11 bits per heavy atom. The van der Waals surface area contributed by atoms with Crippen molar-refractivity contribution in [3.8, 4) is 5.75 Å². The van der Waals surface area contributed by atoms with Gasteiger partial charge >= 0.3 is 6.18 Å². The van der Waals surface area contributed by atoms with Crippen LogP contribution in [0, 0.1) is 0 Å². The van der Waals surface area contributed by atoms with Crippen molar-refractivity contribution in [3.05, 3.63) is 59.4 Å². The Morgan fingerprint density at radius 1 is 0.889 bits per heavy atom. The number of methoxy groups -OCH3 is 1. The molecule has 10 heteroatoms. The summed E-state index contributed by atoms with van der Waals surface area (Å²) in [6, 6.07) is 11.6. The summed E-state index contributed by atoms with van der Waals surface area (Å²) in [6.07, 6.45) is -4.45. The monoisotopic (exact) mass is 395 g/mol. The number of ether oxygens (including phenoxy) is 1. The summed E-state index contributed by atoms with van der Waals surface area (Å²) in [7, 11) is 1.56. The normalized spacial score (nSPS) is 11.1. The SMILES string of the molecule is COc1ccc(Nc2nc(Cl)nc(Nc3cccc(C(F)(F)F)c3)n2)cc1. The molecule has 1 heterocycles. The zero-order valence-corrected chi connectivity index (χ0v) is 14.6. The van der Waals surface area contributed by atoms with E-state index >= 15 is 0 Å². The minimum Gasteiger partial charge on any atom is -0.497 e. The molecule has 0 aliphatic rings. The number of halogens is 4. The third-order valence-electron chi connectivity index (χ3n) is 3.40. The Bertz CT molecular complexity index is 935. The van der Waals surface area contributed by atoms with Crippen LogP contribution < -0.4 is 15.4 Å². The molecule has 0 radical (unpaired) electrons. The zero-order chi connectivity index (χ0) is 19.4. The van der Waals surface area contributed by atoms with Crippen molar-refractivity contribution < 1.29 is 17.9 Å². The van der Waals surface area contributed by atoms with Gasteiger partial charge in [0, 0.05) is 11.4 Å². The second-order valence-electron chi connectivity index (χ2n) is 5.31. The number of alkyl halides is 3. The molecule has 0 fully saturated rings. The van der Waals surface area contributed by atoms with Crippen molar-refractivity contribution in [2.45, 2.75) is 6.18 Å². The Morgan fingerprint density at radius 2 is 1.52 bits per heavy atom. The second-order valence-corrected chi connectivity index (χ2v) is 5.65. The first-order valence-electron chi connectivity index (χ1n) is 7.60. The van der Waals surface area contributed by atoms with Gasteiger partial charge in [-0.05, 0) is 54.1 Å². The standard InChI is InChI=1S/C17H13ClF3N5O/c1-27-13-7-5-11(6-8-13)22-15-24-14(18)25-16(26-15)23-12-4-2-3-10(9-12)17(19,20)21/h2-9H,1H3,(H2,22,23,24,25,26). The van der Waals surface area contributed by atoms with Gasteiger partial charge in [-0.25, -0.2) is 0 Å². The molecule has 27 heavy (non-hydrogen) atoms. The first kappa shape index (κ1) is 18.7. The molecule has 0 atom stereocenters. The highest BCUT2D eigenvalue weighted by Crippen LogP contribution is 2.31. The van der Waals surface area contributed by atoms with E-state index in [-0.39, 0.29) is 22.9 Å².